The van der Waals surface area contributed by atoms with E-state index < -0.39 is 25.4 Å². The molecule has 0 fully saturated rings. The van der Waals surface area contributed by atoms with E-state index in [-0.39, 0.29) is 6.54 Å². The lowest BCUT2D eigenvalue weighted by Gasteiger charge is -2.34. The first-order valence-electron chi connectivity index (χ1n) is 7.22. The molecule has 4 nitrogen and oxygen atoms in total. The molecule has 23 heavy (non-hydrogen) atoms. The molecule has 1 aromatic heterocycles. The number of halogens is 3. The molecule has 0 radical (unpaired) electrons. The molecule has 0 bridgehead atoms. The van der Waals surface area contributed by atoms with Gasteiger partial charge < -0.3 is 5.11 Å². The molecular formula is C15H20F3N3OSi. The Hall–Kier alpha value is -1.67. The van der Waals surface area contributed by atoms with Gasteiger partial charge in [-0.1, -0.05) is 31.8 Å². The zero-order valence-electron chi connectivity index (χ0n) is 13.3. The van der Waals surface area contributed by atoms with E-state index >= 15 is 0 Å². The number of hydrogen-bond donors (Lipinski definition) is 1. The first-order chi connectivity index (χ1) is 10.5. The molecule has 1 heterocycles. The maximum Gasteiger partial charge on any atom is 0.416 e. The highest BCUT2D eigenvalue weighted by Crippen LogP contribution is 2.35. The molecule has 0 amide bonds. The normalized spacial score (nSPS) is 15.4. The van der Waals surface area contributed by atoms with Crippen molar-refractivity contribution in [2.45, 2.75) is 44.0 Å². The summed E-state index contributed by atoms with van der Waals surface area (Å²) >= 11 is 0. The van der Waals surface area contributed by atoms with Gasteiger partial charge in [0.1, 0.15) is 18.3 Å². The largest absolute Gasteiger partial charge is 0.416 e. The van der Waals surface area contributed by atoms with Gasteiger partial charge in [0.25, 0.3) is 0 Å². The molecule has 1 unspecified atom stereocenters. The van der Waals surface area contributed by atoms with Gasteiger partial charge in [0.2, 0.25) is 0 Å². The summed E-state index contributed by atoms with van der Waals surface area (Å²) in [4.78, 5) is 3.85. The van der Waals surface area contributed by atoms with Crippen molar-refractivity contribution in [2.24, 2.45) is 0 Å². The van der Waals surface area contributed by atoms with Gasteiger partial charge in [0.05, 0.1) is 12.1 Å². The lowest BCUT2D eigenvalue weighted by Crippen LogP contribution is -2.39. The van der Waals surface area contributed by atoms with E-state index in [0.717, 1.165) is 12.1 Å². The van der Waals surface area contributed by atoms with E-state index in [2.05, 4.69) is 29.7 Å². The van der Waals surface area contributed by atoms with Crippen molar-refractivity contribution in [3.05, 3.63) is 48.0 Å². The van der Waals surface area contributed by atoms with Crippen LogP contribution in [-0.2, 0) is 18.3 Å². The van der Waals surface area contributed by atoms with Crippen LogP contribution in [-0.4, -0.2) is 27.9 Å². The maximum atomic E-state index is 12.7. The lowest BCUT2D eigenvalue weighted by atomic mass is 9.94. The second kappa shape index (κ2) is 6.08. The van der Waals surface area contributed by atoms with Crippen molar-refractivity contribution >= 4 is 8.07 Å². The topological polar surface area (TPSA) is 50.9 Å². The van der Waals surface area contributed by atoms with Crippen molar-refractivity contribution in [2.75, 3.05) is 0 Å². The first kappa shape index (κ1) is 17.7. The minimum Gasteiger partial charge on any atom is -0.384 e. The SMILES string of the molecule is C[Si](C)(C)CC(O)(Cn1cncn1)c1ccc(C(F)(F)F)cc1. The van der Waals surface area contributed by atoms with Gasteiger partial charge >= 0.3 is 6.18 Å². The predicted octanol–water partition coefficient (Wildman–Crippen LogP) is 3.52. The molecule has 1 atom stereocenters. The van der Waals surface area contributed by atoms with Crippen molar-refractivity contribution in [3.8, 4) is 0 Å². The molecule has 0 saturated carbocycles. The van der Waals surface area contributed by atoms with E-state index in [4.69, 9.17) is 0 Å². The average molecular weight is 343 g/mol. The number of benzene rings is 1. The van der Waals surface area contributed by atoms with E-state index in [1.807, 2.05) is 0 Å². The van der Waals surface area contributed by atoms with Crippen LogP contribution in [0.2, 0.25) is 25.7 Å². The number of alkyl halides is 3. The zero-order valence-corrected chi connectivity index (χ0v) is 14.3. The molecule has 1 aromatic carbocycles. The number of hydrogen-bond acceptors (Lipinski definition) is 3. The lowest BCUT2D eigenvalue weighted by molar-refractivity contribution is -0.137. The molecule has 1 N–H and O–H groups in total. The molecule has 0 saturated heterocycles. The third-order valence-electron chi connectivity index (χ3n) is 3.46. The van der Waals surface area contributed by atoms with E-state index in [1.54, 1.807) is 0 Å². The molecule has 0 aliphatic heterocycles. The fourth-order valence-electron chi connectivity index (χ4n) is 2.68. The standard InChI is InChI=1S/C15H20F3N3OSi/c1-23(2,3)9-14(22,8-21-11-19-10-20-21)12-4-6-13(7-5-12)15(16,17)18/h4-7,10-11,22H,8-9H2,1-3H3. The molecule has 8 heteroatoms. The minimum absolute atomic E-state index is 0.155. The minimum atomic E-state index is -4.39. The number of aromatic nitrogens is 3. The van der Waals surface area contributed by atoms with E-state index in [0.29, 0.717) is 11.6 Å². The van der Waals surface area contributed by atoms with Crippen LogP contribution in [0.4, 0.5) is 13.2 Å². The highest BCUT2D eigenvalue weighted by Gasteiger charge is 2.37. The maximum absolute atomic E-state index is 12.7. The van der Waals surface area contributed by atoms with Crippen LogP contribution in [0.1, 0.15) is 11.1 Å². The molecule has 0 spiro atoms. The second-order valence-corrected chi connectivity index (χ2v) is 12.4. The number of rotatable bonds is 5. The van der Waals surface area contributed by atoms with Gasteiger partial charge in [-0.3, -0.25) is 0 Å². The monoisotopic (exact) mass is 343 g/mol. The van der Waals surface area contributed by atoms with Gasteiger partial charge in [0.15, 0.2) is 0 Å². The van der Waals surface area contributed by atoms with Crippen LogP contribution in [0.3, 0.4) is 0 Å². The number of aliphatic hydroxyl groups is 1. The molecule has 2 rings (SSSR count). The Morgan fingerprint density at radius 2 is 1.65 bits per heavy atom. The van der Waals surface area contributed by atoms with Crippen molar-refractivity contribution in [1.82, 2.24) is 14.8 Å². The Morgan fingerprint density at radius 3 is 2.09 bits per heavy atom. The van der Waals surface area contributed by atoms with Gasteiger partial charge in [-0.25, -0.2) is 9.67 Å². The van der Waals surface area contributed by atoms with Crippen molar-refractivity contribution in [1.29, 1.82) is 0 Å². The smallest absolute Gasteiger partial charge is 0.384 e. The highest BCUT2D eigenvalue weighted by atomic mass is 28.3. The van der Waals surface area contributed by atoms with Gasteiger partial charge in [-0.2, -0.15) is 18.3 Å². The van der Waals surface area contributed by atoms with Crippen molar-refractivity contribution in [3.63, 3.8) is 0 Å². The highest BCUT2D eigenvalue weighted by molar-refractivity contribution is 6.76. The van der Waals surface area contributed by atoms with Crippen molar-refractivity contribution < 1.29 is 18.3 Å². The summed E-state index contributed by atoms with van der Waals surface area (Å²) in [6.45, 7) is 6.46. The van der Waals surface area contributed by atoms with Gasteiger partial charge in [-0.15, -0.1) is 0 Å². The molecule has 0 aliphatic carbocycles. The molecular weight excluding hydrogens is 323 g/mol. The summed E-state index contributed by atoms with van der Waals surface area (Å²) < 4.78 is 39.6. The van der Waals surface area contributed by atoms with Gasteiger partial charge in [-0.05, 0) is 23.7 Å². The quantitative estimate of drug-likeness (QED) is 0.845. The third kappa shape index (κ3) is 4.65. The summed E-state index contributed by atoms with van der Waals surface area (Å²) in [5.74, 6) is 0. The van der Waals surface area contributed by atoms with Crippen LogP contribution in [0, 0.1) is 0 Å². The molecule has 2 aromatic rings. The number of nitrogens with zero attached hydrogens (tertiary/aromatic N) is 3. The van der Waals surface area contributed by atoms with Crippen LogP contribution >= 0.6 is 0 Å². The first-order valence-corrected chi connectivity index (χ1v) is 10.9. The predicted molar refractivity (Wildman–Crippen MR) is 83.5 cm³/mol. The van der Waals surface area contributed by atoms with Crippen LogP contribution in [0.5, 0.6) is 0 Å². The van der Waals surface area contributed by atoms with Crippen LogP contribution < -0.4 is 0 Å². The molecule has 126 valence electrons. The Balaban J connectivity index is 2.36. The van der Waals surface area contributed by atoms with Crippen LogP contribution in [0.25, 0.3) is 0 Å². The fourth-order valence-corrected chi connectivity index (χ4v) is 4.75. The Morgan fingerprint density at radius 1 is 1.09 bits per heavy atom. The Labute approximate surface area is 134 Å². The average Bonchev–Trinajstić information content (AvgIpc) is 2.88. The summed E-state index contributed by atoms with van der Waals surface area (Å²) in [7, 11) is -1.69. The van der Waals surface area contributed by atoms with Crippen LogP contribution in [0.15, 0.2) is 36.9 Å². The fraction of sp³-hybridized carbons (Fsp3) is 0.467. The zero-order chi connectivity index (χ0) is 17.3. The molecule has 0 aliphatic rings. The Bertz CT molecular complexity index is 635. The summed E-state index contributed by atoms with van der Waals surface area (Å²) in [5, 5.41) is 15.1. The summed E-state index contributed by atoms with van der Waals surface area (Å²) in [6, 6.07) is 5.21. The van der Waals surface area contributed by atoms with Gasteiger partial charge in [0, 0.05) is 8.07 Å². The second-order valence-electron chi connectivity index (χ2n) is 6.94. The van der Waals surface area contributed by atoms with E-state index in [1.165, 1.54) is 29.5 Å². The summed E-state index contributed by atoms with van der Waals surface area (Å²) in [6.07, 6.45) is -1.54. The third-order valence-corrected chi connectivity index (χ3v) is 5.11. The van der Waals surface area contributed by atoms with E-state index in [9.17, 15) is 18.3 Å². The Kier molecular flexibility index (Phi) is 4.68. The summed E-state index contributed by atoms with van der Waals surface area (Å²) in [5.41, 5.74) is -1.54.